The lowest BCUT2D eigenvalue weighted by atomic mass is 10.1. The van der Waals surface area contributed by atoms with Crippen molar-refractivity contribution in [1.29, 1.82) is 5.26 Å². The zero-order valence-electron chi connectivity index (χ0n) is 7.50. The molecule has 2 N–H and O–H groups in total. The number of nitriles is 1. The molecule has 1 fully saturated rings. The second kappa shape index (κ2) is 5.13. The minimum atomic E-state index is 0.362. The minimum absolute atomic E-state index is 0.362. The smallest absolute Gasteiger partial charge is 0.0622 e. The third-order valence-electron chi connectivity index (χ3n) is 2.30. The molecule has 0 aromatic heterocycles. The summed E-state index contributed by atoms with van der Waals surface area (Å²) in [6, 6.07) is 2.52. The highest BCUT2D eigenvalue weighted by molar-refractivity contribution is 4.76. The van der Waals surface area contributed by atoms with Gasteiger partial charge in [0.2, 0.25) is 0 Å². The number of nitrogens with zero attached hydrogens (tertiary/aromatic N) is 2. The summed E-state index contributed by atoms with van der Waals surface area (Å²) in [6.45, 7) is 3.23. The molecular formula is C9H17N3. The fraction of sp³-hybridized carbons (Fsp3) is 0.889. The summed E-state index contributed by atoms with van der Waals surface area (Å²) in [4.78, 5) is 2.37. The van der Waals surface area contributed by atoms with Crippen molar-refractivity contribution in [1.82, 2.24) is 4.90 Å². The molecule has 0 amide bonds. The van der Waals surface area contributed by atoms with Gasteiger partial charge in [-0.15, -0.1) is 0 Å². The summed E-state index contributed by atoms with van der Waals surface area (Å²) in [5.41, 5.74) is 5.82. The van der Waals surface area contributed by atoms with Crippen LogP contribution in [0.3, 0.4) is 0 Å². The molecule has 0 radical (unpaired) electrons. The molecule has 0 saturated carbocycles. The largest absolute Gasteiger partial charge is 0.327 e. The highest BCUT2D eigenvalue weighted by atomic mass is 15.1. The van der Waals surface area contributed by atoms with Gasteiger partial charge in [0.1, 0.15) is 0 Å². The van der Waals surface area contributed by atoms with Gasteiger partial charge in [-0.3, -0.25) is 0 Å². The van der Waals surface area contributed by atoms with Gasteiger partial charge in [0.15, 0.2) is 0 Å². The average Bonchev–Trinajstić information content (AvgIpc) is 2.05. The summed E-state index contributed by atoms with van der Waals surface area (Å²) < 4.78 is 0. The summed E-state index contributed by atoms with van der Waals surface area (Å²) in [6.07, 6.45) is 4.04. The first-order chi connectivity index (χ1) is 5.83. The van der Waals surface area contributed by atoms with E-state index in [9.17, 15) is 0 Å². The quantitative estimate of drug-likeness (QED) is 0.630. The first-order valence-electron chi connectivity index (χ1n) is 4.68. The molecule has 1 atom stereocenters. The summed E-state index contributed by atoms with van der Waals surface area (Å²) in [5, 5.41) is 8.35. The molecule has 0 aromatic carbocycles. The van der Waals surface area contributed by atoms with Gasteiger partial charge in [-0.05, 0) is 32.4 Å². The van der Waals surface area contributed by atoms with Crippen molar-refractivity contribution in [3.8, 4) is 6.07 Å². The molecule has 68 valence electrons. The van der Waals surface area contributed by atoms with Gasteiger partial charge >= 0.3 is 0 Å². The number of rotatable bonds is 3. The minimum Gasteiger partial charge on any atom is -0.327 e. The van der Waals surface area contributed by atoms with Gasteiger partial charge in [-0.1, -0.05) is 0 Å². The van der Waals surface area contributed by atoms with Gasteiger partial charge in [-0.25, -0.2) is 0 Å². The molecule has 0 aromatic rings. The lowest BCUT2D eigenvalue weighted by Crippen LogP contribution is -2.43. The lowest BCUT2D eigenvalue weighted by Gasteiger charge is -2.30. The van der Waals surface area contributed by atoms with Gasteiger partial charge in [0.05, 0.1) is 6.07 Å². The van der Waals surface area contributed by atoms with Crippen LogP contribution in [0.5, 0.6) is 0 Å². The van der Waals surface area contributed by atoms with E-state index in [1.165, 1.54) is 13.0 Å². The number of likely N-dealkylation sites (tertiary alicyclic amines) is 1. The molecule has 1 aliphatic rings. The third-order valence-corrected chi connectivity index (χ3v) is 2.30. The van der Waals surface area contributed by atoms with Crippen LogP contribution in [0, 0.1) is 11.3 Å². The molecule has 0 aliphatic carbocycles. The van der Waals surface area contributed by atoms with Gasteiger partial charge in [-0.2, -0.15) is 5.26 Å². The fourth-order valence-corrected chi connectivity index (χ4v) is 1.68. The molecule has 1 aliphatic heterocycles. The SMILES string of the molecule is N#CCCCN1CCC[C@@H](N)C1. The van der Waals surface area contributed by atoms with Crippen molar-refractivity contribution >= 4 is 0 Å². The Labute approximate surface area is 74.1 Å². The van der Waals surface area contributed by atoms with Crippen LogP contribution in [0.1, 0.15) is 25.7 Å². The Morgan fingerprint density at radius 3 is 3.08 bits per heavy atom. The molecular weight excluding hydrogens is 150 g/mol. The van der Waals surface area contributed by atoms with Crippen molar-refractivity contribution in [2.75, 3.05) is 19.6 Å². The van der Waals surface area contributed by atoms with Crippen molar-refractivity contribution in [3.63, 3.8) is 0 Å². The van der Waals surface area contributed by atoms with Gasteiger partial charge in [0, 0.05) is 19.0 Å². The number of unbranched alkanes of at least 4 members (excludes halogenated alkanes) is 1. The standard InChI is InChI=1S/C9H17N3/c10-5-1-2-6-12-7-3-4-9(11)8-12/h9H,1-4,6-8,11H2/t9-/m1/s1. The molecule has 3 nitrogen and oxygen atoms in total. The summed E-state index contributed by atoms with van der Waals surface area (Å²) in [5.74, 6) is 0. The third kappa shape index (κ3) is 3.21. The predicted molar refractivity (Wildman–Crippen MR) is 48.5 cm³/mol. The van der Waals surface area contributed by atoms with Crippen molar-refractivity contribution < 1.29 is 0 Å². The highest BCUT2D eigenvalue weighted by Gasteiger charge is 2.15. The molecule has 0 bridgehead atoms. The Morgan fingerprint density at radius 1 is 1.58 bits per heavy atom. The Morgan fingerprint density at radius 2 is 2.42 bits per heavy atom. The molecule has 1 rings (SSSR count). The number of nitrogens with two attached hydrogens (primary N) is 1. The van der Waals surface area contributed by atoms with E-state index >= 15 is 0 Å². The zero-order chi connectivity index (χ0) is 8.81. The molecule has 3 heteroatoms. The monoisotopic (exact) mass is 167 g/mol. The van der Waals surface area contributed by atoms with Crippen LogP contribution >= 0.6 is 0 Å². The van der Waals surface area contributed by atoms with Crippen LogP contribution in [-0.2, 0) is 0 Å². The van der Waals surface area contributed by atoms with Crippen molar-refractivity contribution in [2.24, 2.45) is 5.73 Å². The fourth-order valence-electron chi connectivity index (χ4n) is 1.68. The van der Waals surface area contributed by atoms with Crippen LogP contribution in [0.2, 0.25) is 0 Å². The number of piperidine rings is 1. The first kappa shape index (κ1) is 9.50. The summed E-state index contributed by atoms with van der Waals surface area (Å²) >= 11 is 0. The van der Waals surface area contributed by atoms with Crippen molar-refractivity contribution in [2.45, 2.75) is 31.7 Å². The van der Waals surface area contributed by atoms with E-state index < -0.39 is 0 Å². The average molecular weight is 167 g/mol. The van der Waals surface area contributed by atoms with Gasteiger partial charge < -0.3 is 10.6 Å². The second-order valence-electron chi connectivity index (χ2n) is 3.46. The lowest BCUT2D eigenvalue weighted by molar-refractivity contribution is 0.208. The van der Waals surface area contributed by atoms with Gasteiger partial charge in [0.25, 0.3) is 0 Å². The van der Waals surface area contributed by atoms with E-state index in [-0.39, 0.29) is 0 Å². The zero-order valence-corrected chi connectivity index (χ0v) is 7.50. The Hall–Kier alpha value is -0.590. The normalized spacial score (nSPS) is 25.2. The summed E-state index contributed by atoms with van der Waals surface area (Å²) in [7, 11) is 0. The number of hydrogen-bond donors (Lipinski definition) is 1. The molecule has 1 heterocycles. The van der Waals surface area contributed by atoms with E-state index in [0.717, 1.165) is 25.9 Å². The topological polar surface area (TPSA) is 53.0 Å². The van der Waals surface area contributed by atoms with Crippen molar-refractivity contribution in [3.05, 3.63) is 0 Å². The highest BCUT2D eigenvalue weighted by Crippen LogP contribution is 2.08. The predicted octanol–water partition coefficient (Wildman–Crippen LogP) is 0.713. The van der Waals surface area contributed by atoms with E-state index in [4.69, 9.17) is 11.0 Å². The Balaban J connectivity index is 2.11. The molecule has 0 unspecified atom stereocenters. The molecule has 12 heavy (non-hydrogen) atoms. The molecule has 0 spiro atoms. The van der Waals surface area contributed by atoms with E-state index in [1.54, 1.807) is 0 Å². The van der Waals surface area contributed by atoms with E-state index in [1.807, 2.05) is 0 Å². The Bertz CT molecular complexity index is 162. The van der Waals surface area contributed by atoms with Crippen LogP contribution in [-0.4, -0.2) is 30.6 Å². The van der Waals surface area contributed by atoms with E-state index in [2.05, 4.69) is 11.0 Å². The maximum absolute atomic E-state index is 8.35. The maximum Gasteiger partial charge on any atom is 0.0622 e. The second-order valence-corrected chi connectivity index (χ2v) is 3.46. The molecule has 1 saturated heterocycles. The maximum atomic E-state index is 8.35. The van der Waals surface area contributed by atoms with Crippen LogP contribution in [0.25, 0.3) is 0 Å². The van der Waals surface area contributed by atoms with Crippen LogP contribution in [0.4, 0.5) is 0 Å². The van der Waals surface area contributed by atoms with E-state index in [0.29, 0.717) is 12.5 Å². The van der Waals surface area contributed by atoms with Crippen LogP contribution < -0.4 is 5.73 Å². The Kier molecular flexibility index (Phi) is 4.06. The van der Waals surface area contributed by atoms with Crippen LogP contribution in [0.15, 0.2) is 0 Å². The number of hydrogen-bond acceptors (Lipinski definition) is 3. The first-order valence-corrected chi connectivity index (χ1v) is 4.68.